The van der Waals surface area contributed by atoms with Crippen LogP contribution in [0.4, 0.5) is 0 Å². The molecule has 3 heteroatoms. The number of hydrogen-bond acceptors (Lipinski definition) is 0. The maximum atomic E-state index is 2.32. The van der Waals surface area contributed by atoms with Crippen LogP contribution in [-0.4, -0.2) is 64.3 Å². The summed E-state index contributed by atoms with van der Waals surface area (Å²) in [4.78, 5) is 0. The van der Waals surface area contributed by atoms with Crippen LogP contribution in [0.15, 0.2) is 0 Å². The topological polar surface area (TPSA) is 0 Å². The van der Waals surface area contributed by atoms with Crippen LogP contribution in [0.3, 0.4) is 0 Å². The average Bonchev–Trinajstić information content (AvgIpc) is 1.96. The molecule has 0 aromatic heterocycles. The van der Waals surface area contributed by atoms with Crippen molar-refractivity contribution in [2.75, 3.05) is 55.4 Å². The minimum absolute atomic E-state index is 0. The maximum absolute atomic E-state index is 2.32. The lowest BCUT2D eigenvalue weighted by Crippen LogP contribution is -2.43. The van der Waals surface area contributed by atoms with Gasteiger partial charge in [0.15, 0.2) is 0 Å². The monoisotopic (exact) mass is 264 g/mol. The van der Waals surface area contributed by atoms with Gasteiger partial charge in [-0.15, -0.1) is 12.4 Å². The predicted octanol–water partition coefficient (Wildman–Crippen LogP) is 2.63. The number of quaternary nitrogens is 2. The molecule has 1 fully saturated rings. The first-order chi connectivity index (χ1) is 7.16. The van der Waals surface area contributed by atoms with E-state index in [0.29, 0.717) is 0 Å². The van der Waals surface area contributed by atoms with Gasteiger partial charge in [-0.3, -0.25) is 0 Å². The molecule has 2 unspecified atom stereocenters. The van der Waals surface area contributed by atoms with Gasteiger partial charge in [0, 0.05) is 11.8 Å². The van der Waals surface area contributed by atoms with Gasteiger partial charge in [0.2, 0.25) is 0 Å². The molecule has 0 spiro atoms. The number of halogens is 1. The minimum atomic E-state index is 0. The van der Waals surface area contributed by atoms with E-state index in [1.54, 1.807) is 0 Å². The van der Waals surface area contributed by atoms with E-state index in [4.69, 9.17) is 0 Å². The summed E-state index contributed by atoms with van der Waals surface area (Å²) in [5.41, 5.74) is 0. The van der Waals surface area contributed by atoms with Gasteiger partial charge in [0.05, 0.1) is 55.4 Å². The third-order valence-corrected chi connectivity index (χ3v) is 3.50. The fraction of sp³-hybridized carbons (Fsp3) is 1.00. The Kier molecular flexibility index (Phi) is 6.48. The van der Waals surface area contributed by atoms with E-state index >= 15 is 0 Å². The van der Waals surface area contributed by atoms with Crippen LogP contribution in [0, 0.1) is 11.8 Å². The molecule has 0 N–H and O–H groups in total. The zero-order valence-electron chi connectivity index (χ0n) is 12.7. The van der Waals surface area contributed by atoms with Gasteiger partial charge < -0.3 is 8.97 Å². The summed E-state index contributed by atoms with van der Waals surface area (Å²) >= 11 is 0. The van der Waals surface area contributed by atoms with E-state index in [0.717, 1.165) is 20.8 Å². The highest BCUT2D eigenvalue weighted by molar-refractivity contribution is 5.85. The third-order valence-electron chi connectivity index (χ3n) is 3.50. The lowest BCUT2D eigenvalue weighted by atomic mass is 9.80. The summed E-state index contributed by atoms with van der Waals surface area (Å²) in [6, 6.07) is 0. The van der Waals surface area contributed by atoms with Crippen molar-refractivity contribution in [1.82, 2.24) is 0 Å². The molecule has 0 aromatic carbocycles. The smallest absolute Gasteiger partial charge is 0.0809 e. The van der Waals surface area contributed by atoms with E-state index in [-0.39, 0.29) is 12.4 Å². The summed E-state index contributed by atoms with van der Waals surface area (Å²) in [5, 5.41) is 0. The zero-order valence-corrected chi connectivity index (χ0v) is 13.5. The molecule has 1 aliphatic carbocycles. The Balaban J connectivity index is 0.00000256. The Bertz CT molecular complexity index is 193. The van der Waals surface area contributed by atoms with Gasteiger partial charge in [-0.2, -0.15) is 0 Å². The molecule has 1 aliphatic rings. The fourth-order valence-electron chi connectivity index (χ4n) is 3.28. The van der Waals surface area contributed by atoms with Crippen molar-refractivity contribution in [3.05, 3.63) is 0 Å². The van der Waals surface area contributed by atoms with Crippen molar-refractivity contribution in [2.24, 2.45) is 11.8 Å². The number of rotatable bonds is 4. The lowest BCUT2D eigenvalue weighted by molar-refractivity contribution is -0.877. The van der Waals surface area contributed by atoms with Crippen LogP contribution < -0.4 is 0 Å². The molecule has 0 aliphatic heterocycles. The number of nitrogens with zero attached hydrogens (tertiary/aromatic N) is 2. The largest absolute Gasteiger partial charge is 0.331 e. The Hall–Kier alpha value is 0.210. The first-order valence-corrected chi connectivity index (χ1v) is 6.77. The molecule has 2 atom stereocenters. The summed E-state index contributed by atoms with van der Waals surface area (Å²) in [5.74, 6) is 1.93. The van der Waals surface area contributed by atoms with Crippen molar-refractivity contribution < 1.29 is 8.97 Å². The second-order valence-electron chi connectivity index (χ2n) is 7.84. The number of hydrogen-bond donors (Lipinski definition) is 0. The molecular weight excluding hydrogens is 232 g/mol. The van der Waals surface area contributed by atoms with Gasteiger partial charge in [0.1, 0.15) is 0 Å². The molecule has 0 heterocycles. The zero-order chi connectivity index (χ0) is 12.4. The first kappa shape index (κ1) is 17.2. The van der Waals surface area contributed by atoms with Crippen molar-refractivity contribution in [3.63, 3.8) is 0 Å². The van der Waals surface area contributed by atoms with Crippen molar-refractivity contribution >= 4 is 12.4 Å². The molecule has 1 rings (SSSR count). The molecule has 0 amide bonds. The standard InChI is InChI=1S/C14H32N2.ClH/c1-15(2,3)11-13-8-7-9-14(10-13)12-16(4,5)6;/h13-14H,7-12H2,1-6H3;1H/q+2;. The van der Waals surface area contributed by atoms with Crippen LogP contribution in [0.2, 0.25) is 0 Å². The normalized spacial score (nSPS) is 26.5. The molecule has 17 heavy (non-hydrogen) atoms. The predicted molar refractivity (Wildman–Crippen MR) is 78.5 cm³/mol. The van der Waals surface area contributed by atoms with Gasteiger partial charge >= 0.3 is 0 Å². The SMILES string of the molecule is C[N+](C)(C)CC1CCCC(C[N+](C)(C)C)C1.Cl. The highest BCUT2D eigenvalue weighted by Crippen LogP contribution is 2.31. The molecule has 1 saturated carbocycles. The minimum Gasteiger partial charge on any atom is -0.331 e. The van der Waals surface area contributed by atoms with Crippen molar-refractivity contribution in [2.45, 2.75) is 25.7 Å². The van der Waals surface area contributed by atoms with E-state index in [2.05, 4.69) is 42.3 Å². The van der Waals surface area contributed by atoms with Crippen LogP contribution in [-0.2, 0) is 0 Å². The molecule has 104 valence electrons. The van der Waals surface area contributed by atoms with E-state index < -0.39 is 0 Å². The third kappa shape index (κ3) is 8.01. The molecule has 0 bridgehead atoms. The highest BCUT2D eigenvalue weighted by atomic mass is 35.5. The Morgan fingerprint density at radius 3 is 1.41 bits per heavy atom. The molecule has 0 radical (unpaired) electrons. The van der Waals surface area contributed by atoms with E-state index in [1.807, 2.05) is 0 Å². The Morgan fingerprint density at radius 1 is 0.765 bits per heavy atom. The molecule has 0 saturated heterocycles. The molecule has 0 aromatic rings. The summed E-state index contributed by atoms with van der Waals surface area (Å²) in [6.45, 7) is 2.71. The van der Waals surface area contributed by atoms with Gasteiger partial charge in [-0.25, -0.2) is 0 Å². The lowest BCUT2D eigenvalue weighted by Gasteiger charge is -2.37. The van der Waals surface area contributed by atoms with Crippen molar-refractivity contribution in [3.8, 4) is 0 Å². The van der Waals surface area contributed by atoms with Crippen LogP contribution in [0.5, 0.6) is 0 Å². The van der Waals surface area contributed by atoms with Crippen LogP contribution in [0.25, 0.3) is 0 Å². The van der Waals surface area contributed by atoms with Crippen LogP contribution in [0.1, 0.15) is 25.7 Å². The Labute approximate surface area is 115 Å². The second kappa shape index (κ2) is 6.40. The molecule has 2 nitrogen and oxygen atoms in total. The highest BCUT2D eigenvalue weighted by Gasteiger charge is 2.29. The van der Waals surface area contributed by atoms with Crippen molar-refractivity contribution in [1.29, 1.82) is 0 Å². The van der Waals surface area contributed by atoms with Gasteiger partial charge in [-0.1, -0.05) is 6.42 Å². The summed E-state index contributed by atoms with van der Waals surface area (Å²) < 4.78 is 2.25. The Morgan fingerprint density at radius 2 is 1.12 bits per heavy atom. The molecular formula is C14H33ClN2+2. The average molecular weight is 265 g/mol. The quantitative estimate of drug-likeness (QED) is 0.685. The summed E-state index contributed by atoms with van der Waals surface area (Å²) in [6.07, 6.45) is 5.84. The fourth-order valence-corrected chi connectivity index (χ4v) is 3.28. The van der Waals surface area contributed by atoms with E-state index in [1.165, 1.54) is 38.8 Å². The van der Waals surface area contributed by atoms with E-state index in [9.17, 15) is 0 Å². The second-order valence-corrected chi connectivity index (χ2v) is 7.84. The van der Waals surface area contributed by atoms with Gasteiger partial charge in [0.25, 0.3) is 0 Å². The first-order valence-electron chi connectivity index (χ1n) is 6.77. The maximum Gasteiger partial charge on any atom is 0.0809 e. The summed E-state index contributed by atoms with van der Waals surface area (Å²) in [7, 11) is 13.9. The van der Waals surface area contributed by atoms with Gasteiger partial charge in [-0.05, 0) is 19.3 Å². The van der Waals surface area contributed by atoms with Crippen LogP contribution >= 0.6 is 12.4 Å².